The third kappa shape index (κ3) is 2.11. The number of carbonyl (C=O) groups excluding carboxylic acids is 1. The summed E-state index contributed by atoms with van der Waals surface area (Å²) in [5.41, 5.74) is 2.43. The first kappa shape index (κ1) is 12.6. The molecule has 0 amide bonds. The zero-order valence-corrected chi connectivity index (χ0v) is 11.4. The minimum absolute atomic E-state index is 0.648. The molecular weight excluding hydrogens is 248 g/mol. The van der Waals surface area contributed by atoms with Crippen LogP contribution in [-0.4, -0.2) is 16.1 Å². The Labute approximate surface area is 117 Å². The second-order valence-corrected chi connectivity index (χ2v) is 4.84. The average molecular weight is 264 g/mol. The van der Waals surface area contributed by atoms with E-state index in [0.29, 0.717) is 5.56 Å². The number of benzene rings is 2. The van der Waals surface area contributed by atoms with E-state index in [2.05, 4.69) is 30.2 Å². The van der Waals surface area contributed by atoms with Gasteiger partial charge in [-0.2, -0.15) is 5.10 Å². The number of aromatic nitrogens is 2. The van der Waals surface area contributed by atoms with Gasteiger partial charge in [0.05, 0.1) is 5.56 Å². The van der Waals surface area contributed by atoms with Crippen molar-refractivity contribution in [1.29, 1.82) is 0 Å². The number of fused-ring (bicyclic) bond motifs is 1. The summed E-state index contributed by atoms with van der Waals surface area (Å²) in [4.78, 5) is 11.3. The molecule has 0 atom stereocenters. The molecule has 20 heavy (non-hydrogen) atoms. The van der Waals surface area contributed by atoms with Crippen molar-refractivity contribution in [3.63, 3.8) is 0 Å². The minimum Gasteiger partial charge on any atom is -0.298 e. The maximum atomic E-state index is 11.3. The second-order valence-electron chi connectivity index (χ2n) is 4.84. The molecule has 3 aromatic rings. The van der Waals surface area contributed by atoms with Crippen LogP contribution in [0.3, 0.4) is 0 Å². The van der Waals surface area contributed by atoms with E-state index in [9.17, 15) is 4.79 Å². The van der Waals surface area contributed by atoms with Gasteiger partial charge in [-0.25, -0.2) is 0 Å². The number of hydrogen-bond donors (Lipinski definition) is 0. The third-order valence-corrected chi connectivity index (χ3v) is 3.41. The number of carbonyl (C=O) groups is 1. The molecule has 0 saturated carbocycles. The Kier molecular flexibility index (Phi) is 3.33. The SMILES string of the molecule is CCCn1cc(C=O)c(-c2cccc3ccccc23)n1. The van der Waals surface area contributed by atoms with Gasteiger partial charge < -0.3 is 0 Å². The molecule has 3 nitrogen and oxygen atoms in total. The first-order valence-electron chi connectivity index (χ1n) is 6.84. The Morgan fingerprint density at radius 1 is 1.15 bits per heavy atom. The van der Waals surface area contributed by atoms with Gasteiger partial charge in [0.1, 0.15) is 5.69 Å². The molecule has 1 aromatic heterocycles. The Morgan fingerprint density at radius 3 is 2.75 bits per heavy atom. The van der Waals surface area contributed by atoms with Crippen LogP contribution < -0.4 is 0 Å². The van der Waals surface area contributed by atoms with Crippen LogP contribution in [0, 0.1) is 0 Å². The summed E-state index contributed by atoms with van der Waals surface area (Å²) in [6.07, 6.45) is 3.71. The van der Waals surface area contributed by atoms with Gasteiger partial charge in [0.15, 0.2) is 6.29 Å². The van der Waals surface area contributed by atoms with Gasteiger partial charge in [0, 0.05) is 18.3 Å². The van der Waals surface area contributed by atoms with Gasteiger partial charge in [0.2, 0.25) is 0 Å². The Balaban J connectivity index is 2.22. The smallest absolute Gasteiger partial charge is 0.153 e. The lowest BCUT2D eigenvalue weighted by Crippen LogP contribution is -1.96. The molecular formula is C17H16N2O. The number of aldehydes is 1. The van der Waals surface area contributed by atoms with E-state index in [-0.39, 0.29) is 0 Å². The monoisotopic (exact) mass is 264 g/mol. The van der Waals surface area contributed by atoms with E-state index in [1.165, 1.54) is 0 Å². The zero-order chi connectivity index (χ0) is 13.9. The van der Waals surface area contributed by atoms with E-state index >= 15 is 0 Å². The predicted molar refractivity (Wildman–Crippen MR) is 80.8 cm³/mol. The lowest BCUT2D eigenvalue weighted by molar-refractivity contribution is 0.112. The highest BCUT2D eigenvalue weighted by Gasteiger charge is 2.12. The summed E-state index contributed by atoms with van der Waals surface area (Å²) in [7, 11) is 0. The second kappa shape index (κ2) is 5.29. The largest absolute Gasteiger partial charge is 0.298 e. The topological polar surface area (TPSA) is 34.9 Å². The molecule has 0 radical (unpaired) electrons. The van der Waals surface area contributed by atoms with Crippen LogP contribution >= 0.6 is 0 Å². The first-order chi connectivity index (χ1) is 9.83. The highest BCUT2D eigenvalue weighted by molar-refractivity contribution is 5.99. The molecule has 0 aliphatic rings. The van der Waals surface area contributed by atoms with Crippen LogP contribution in [0.1, 0.15) is 23.7 Å². The molecule has 0 aliphatic carbocycles. The van der Waals surface area contributed by atoms with Crippen molar-refractivity contribution in [1.82, 2.24) is 9.78 Å². The van der Waals surface area contributed by atoms with Crippen molar-refractivity contribution in [2.75, 3.05) is 0 Å². The van der Waals surface area contributed by atoms with Crippen molar-refractivity contribution < 1.29 is 4.79 Å². The van der Waals surface area contributed by atoms with Crippen molar-refractivity contribution in [3.05, 3.63) is 54.2 Å². The molecule has 2 aromatic carbocycles. The molecule has 0 N–H and O–H groups in total. The summed E-state index contributed by atoms with van der Waals surface area (Å²) in [6, 6.07) is 14.3. The van der Waals surface area contributed by atoms with E-state index in [0.717, 1.165) is 41.3 Å². The van der Waals surface area contributed by atoms with Crippen LogP contribution in [0.5, 0.6) is 0 Å². The molecule has 0 saturated heterocycles. The van der Waals surface area contributed by atoms with Crippen LogP contribution in [0.4, 0.5) is 0 Å². The molecule has 1 heterocycles. The quantitative estimate of drug-likeness (QED) is 0.669. The van der Waals surface area contributed by atoms with Gasteiger partial charge in [-0.05, 0) is 17.2 Å². The molecule has 0 aliphatic heterocycles. The molecule has 3 heteroatoms. The van der Waals surface area contributed by atoms with Gasteiger partial charge in [-0.15, -0.1) is 0 Å². The Hall–Kier alpha value is -2.42. The van der Waals surface area contributed by atoms with E-state index in [4.69, 9.17) is 0 Å². The highest BCUT2D eigenvalue weighted by atomic mass is 16.1. The van der Waals surface area contributed by atoms with Crippen molar-refractivity contribution >= 4 is 17.1 Å². The standard InChI is InChI=1S/C17H16N2O/c1-2-10-19-11-14(12-20)17(18-19)16-9-5-7-13-6-3-4-8-15(13)16/h3-9,11-12H,2,10H2,1H3. The molecule has 3 rings (SSSR count). The number of nitrogens with zero attached hydrogens (tertiary/aromatic N) is 2. The lowest BCUT2D eigenvalue weighted by atomic mass is 10.0. The highest BCUT2D eigenvalue weighted by Crippen LogP contribution is 2.29. The van der Waals surface area contributed by atoms with Gasteiger partial charge >= 0.3 is 0 Å². The maximum Gasteiger partial charge on any atom is 0.153 e. The Bertz CT molecular complexity index is 753. The maximum absolute atomic E-state index is 11.3. The normalized spacial score (nSPS) is 10.8. The number of rotatable bonds is 4. The van der Waals surface area contributed by atoms with Crippen molar-refractivity contribution in [3.8, 4) is 11.3 Å². The summed E-state index contributed by atoms with van der Waals surface area (Å²) in [6.45, 7) is 2.92. The Morgan fingerprint density at radius 2 is 1.95 bits per heavy atom. The first-order valence-corrected chi connectivity index (χ1v) is 6.84. The van der Waals surface area contributed by atoms with E-state index in [1.807, 2.05) is 35.1 Å². The van der Waals surface area contributed by atoms with Crippen molar-refractivity contribution in [2.24, 2.45) is 0 Å². The summed E-state index contributed by atoms with van der Waals surface area (Å²) >= 11 is 0. The molecule has 0 bridgehead atoms. The van der Waals surface area contributed by atoms with Crippen LogP contribution in [0.2, 0.25) is 0 Å². The summed E-state index contributed by atoms with van der Waals surface area (Å²) in [5.74, 6) is 0. The van der Waals surface area contributed by atoms with E-state index in [1.54, 1.807) is 0 Å². The number of aryl methyl sites for hydroxylation is 1. The summed E-state index contributed by atoms with van der Waals surface area (Å²) < 4.78 is 1.85. The predicted octanol–water partition coefficient (Wildman–Crippen LogP) is 3.93. The average Bonchev–Trinajstić information content (AvgIpc) is 2.90. The third-order valence-electron chi connectivity index (χ3n) is 3.41. The van der Waals surface area contributed by atoms with Crippen LogP contribution in [-0.2, 0) is 6.54 Å². The van der Waals surface area contributed by atoms with Crippen LogP contribution in [0.25, 0.3) is 22.0 Å². The van der Waals surface area contributed by atoms with Crippen LogP contribution in [0.15, 0.2) is 48.7 Å². The van der Waals surface area contributed by atoms with Crippen molar-refractivity contribution in [2.45, 2.75) is 19.9 Å². The molecule has 0 unspecified atom stereocenters. The molecule has 0 spiro atoms. The number of hydrogen-bond acceptors (Lipinski definition) is 2. The zero-order valence-electron chi connectivity index (χ0n) is 11.4. The van der Waals surface area contributed by atoms with Gasteiger partial charge in [-0.1, -0.05) is 49.4 Å². The van der Waals surface area contributed by atoms with E-state index < -0.39 is 0 Å². The lowest BCUT2D eigenvalue weighted by Gasteiger charge is -2.04. The minimum atomic E-state index is 0.648. The summed E-state index contributed by atoms with van der Waals surface area (Å²) in [5, 5.41) is 6.86. The fourth-order valence-corrected chi connectivity index (χ4v) is 2.51. The molecule has 100 valence electrons. The fourth-order valence-electron chi connectivity index (χ4n) is 2.51. The fraction of sp³-hybridized carbons (Fsp3) is 0.176. The molecule has 0 fully saturated rings. The van der Waals surface area contributed by atoms with Gasteiger partial charge in [-0.3, -0.25) is 9.48 Å². The van der Waals surface area contributed by atoms with Gasteiger partial charge in [0.25, 0.3) is 0 Å².